The Morgan fingerprint density at radius 2 is 2.00 bits per heavy atom. The number of H-pyrrole nitrogens is 1. The van der Waals surface area contributed by atoms with Crippen molar-refractivity contribution >= 4 is 5.91 Å². The Morgan fingerprint density at radius 1 is 1.19 bits per heavy atom. The van der Waals surface area contributed by atoms with Crippen LogP contribution in [0.5, 0.6) is 0 Å². The highest BCUT2D eigenvalue weighted by atomic mass is 16.2. The van der Waals surface area contributed by atoms with Gasteiger partial charge in [0.05, 0.1) is 12.6 Å². The summed E-state index contributed by atoms with van der Waals surface area (Å²) in [5.41, 5.74) is 2.88. The van der Waals surface area contributed by atoms with Gasteiger partial charge < -0.3 is 10.3 Å². The molecule has 0 bridgehead atoms. The third-order valence-corrected chi connectivity index (χ3v) is 5.02. The number of rotatable bonds is 5. The van der Waals surface area contributed by atoms with Crippen LogP contribution in [-0.4, -0.2) is 20.7 Å². The Bertz CT molecular complexity index is 977. The summed E-state index contributed by atoms with van der Waals surface area (Å²) in [5, 5.41) is 7.25. The number of aromatic amines is 1. The molecule has 2 aromatic heterocycles. The predicted molar refractivity (Wildman–Crippen MR) is 103 cm³/mol. The Labute approximate surface area is 157 Å². The largest absolute Gasteiger partial charge is 0.343 e. The number of aromatic nitrogens is 3. The van der Waals surface area contributed by atoms with Crippen LogP contribution in [0.3, 0.4) is 0 Å². The first-order valence-corrected chi connectivity index (χ1v) is 9.29. The molecule has 0 saturated carbocycles. The van der Waals surface area contributed by atoms with Gasteiger partial charge in [-0.3, -0.25) is 14.3 Å². The smallest absolute Gasteiger partial charge is 0.261 e. The van der Waals surface area contributed by atoms with Gasteiger partial charge in [-0.15, -0.1) is 0 Å². The minimum Gasteiger partial charge on any atom is -0.343 e. The van der Waals surface area contributed by atoms with Crippen LogP contribution in [0.2, 0.25) is 0 Å². The molecule has 0 saturated heterocycles. The predicted octanol–water partition coefficient (Wildman–Crippen LogP) is 2.62. The van der Waals surface area contributed by atoms with E-state index in [2.05, 4.69) is 15.4 Å². The molecule has 27 heavy (non-hydrogen) atoms. The lowest BCUT2D eigenvalue weighted by atomic mass is 9.95. The van der Waals surface area contributed by atoms with Crippen molar-refractivity contribution in [3.63, 3.8) is 0 Å². The highest BCUT2D eigenvalue weighted by molar-refractivity contribution is 5.94. The van der Waals surface area contributed by atoms with Crippen LogP contribution in [0.1, 0.15) is 46.1 Å². The molecule has 1 amide bonds. The molecule has 2 N–H and O–H groups in total. The minimum absolute atomic E-state index is 0.178. The molecule has 1 aliphatic rings. The zero-order valence-electron chi connectivity index (χ0n) is 15.0. The van der Waals surface area contributed by atoms with Gasteiger partial charge in [0, 0.05) is 18.1 Å². The van der Waals surface area contributed by atoms with Crippen LogP contribution < -0.4 is 10.9 Å². The summed E-state index contributed by atoms with van der Waals surface area (Å²) in [6, 6.07) is 13.1. The van der Waals surface area contributed by atoms with E-state index in [9.17, 15) is 9.59 Å². The molecule has 1 unspecified atom stereocenters. The number of amides is 1. The van der Waals surface area contributed by atoms with Crippen molar-refractivity contribution in [1.29, 1.82) is 0 Å². The molecule has 6 heteroatoms. The summed E-state index contributed by atoms with van der Waals surface area (Å²) in [5.74, 6) is -0.356. The van der Waals surface area contributed by atoms with E-state index < -0.39 is 0 Å². The number of carbonyl (C=O) groups excluding carboxylic acids is 1. The van der Waals surface area contributed by atoms with E-state index in [1.165, 1.54) is 0 Å². The average molecular weight is 362 g/mol. The molecule has 4 rings (SSSR count). The number of fused-ring (bicyclic) bond motifs is 1. The van der Waals surface area contributed by atoms with Crippen molar-refractivity contribution in [3.8, 4) is 0 Å². The maximum atomic E-state index is 12.9. The number of nitrogens with one attached hydrogen (secondary N) is 2. The third kappa shape index (κ3) is 3.84. The summed E-state index contributed by atoms with van der Waals surface area (Å²) in [6.45, 7) is 0.492. The zero-order chi connectivity index (χ0) is 18.6. The number of carbonyl (C=O) groups is 1. The van der Waals surface area contributed by atoms with E-state index >= 15 is 0 Å². The van der Waals surface area contributed by atoms with E-state index in [0.29, 0.717) is 6.54 Å². The monoisotopic (exact) mass is 362 g/mol. The van der Waals surface area contributed by atoms with Gasteiger partial charge in [0.25, 0.3) is 11.5 Å². The molecule has 3 aromatic rings. The Hall–Kier alpha value is -3.15. The Balaban J connectivity index is 1.61. The fourth-order valence-corrected chi connectivity index (χ4v) is 3.59. The molecule has 2 heterocycles. The zero-order valence-corrected chi connectivity index (χ0v) is 15.0. The highest BCUT2D eigenvalue weighted by Gasteiger charge is 2.21. The lowest BCUT2D eigenvalue weighted by molar-refractivity contribution is 0.0930. The van der Waals surface area contributed by atoms with Crippen LogP contribution >= 0.6 is 0 Å². The molecule has 0 radical (unpaired) electrons. The molecule has 0 spiro atoms. The van der Waals surface area contributed by atoms with Crippen LogP contribution in [0.15, 0.2) is 59.7 Å². The van der Waals surface area contributed by atoms with Crippen molar-refractivity contribution in [3.05, 3.63) is 87.6 Å². The molecular weight excluding hydrogens is 340 g/mol. The average Bonchev–Trinajstić information content (AvgIpc) is 3.20. The number of aryl methyl sites for hydroxylation is 2. The number of nitrogens with zero attached hydrogens (tertiary/aromatic N) is 2. The van der Waals surface area contributed by atoms with Gasteiger partial charge in [0.15, 0.2) is 0 Å². The lowest BCUT2D eigenvalue weighted by Crippen LogP contribution is -2.35. The van der Waals surface area contributed by atoms with Gasteiger partial charge in [-0.1, -0.05) is 30.3 Å². The quantitative estimate of drug-likeness (QED) is 0.732. The van der Waals surface area contributed by atoms with E-state index in [4.69, 9.17) is 0 Å². The first-order chi connectivity index (χ1) is 13.2. The van der Waals surface area contributed by atoms with E-state index in [0.717, 1.165) is 42.5 Å². The normalized spacial score (nSPS) is 14.4. The van der Waals surface area contributed by atoms with Gasteiger partial charge in [-0.2, -0.15) is 5.10 Å². The SMILES string of the molecule is O=C(NC(Cn1cccn1)c1ccccc1)c1cc2c([nH]c1=O)CCCC2. The first-order valence-electron chi connectivity index (χ1n) is 9.29. The van der Waals surface area contributed by atoms with Crippen molar-refractivity contribution in [1.82, 2.24) is 20.1 Å². The van der Waals surface area contributed by atoms with Gasteiger partial charge in [-0.25, -0.2) is 0 Å². The second-order valence-corrected chi connectivity index (χ2v) is 6.89. The third-order valence-electron chi connectivity index (χ3n) is 5.02. The van der Waals surface area contributed by atoms with Crippen molar-refractivity contribution in [2.45, 2.75) is 38.3 Å². The Morgan fingerprint density at radius 3 is 2.78 bits per heavy atom. The van der Waals surface area contributed by atoms with Crippen molar-refractivity contribution in [2.75, 3.05) is 0 Å². The van der Waals surface area contributed by atoms with Gasteiger partial charge in [-0.05, 0) is 48.9 Å². The lowest BCUT2D eigenvalue weighted by Gasteiger charge is -2.20. The van der Waals surface area contributed by atoms with E-state index in [1.807, 2.05) is 42.6 Å². The number of pyridine rings is 1. The van der Waals surface area contributed by atoms with Crippen LogP contribution in [0.25, 0.3) is 0 Å². The number of hydrogen-bond acceptors (Lipinski definition) is 3. The molecule has 1 aromatic carbocycles. The summed E-state index contributed by atoms with van der Waals surface area (Å²) in [4.78, 5) is 28.2. The number of hydrogen-bond donors (Lipinski definition) is 2. The molecule has 0 fully saturated rings. The molecule has 0 aliphatic heterocycles. The Kier molecular flexibility index (Phi) is 4.87. The second-order valence-electron chi connectivity index (χ2n) is 6.89. The summed E-state index contributed by atoms with van der Waals surface area (Å²) >= 11 is 0. The van der Waals surface area contributed by atoms with Crippen molar-refractivity contribution in [2.24, 2.45) is 0 Å². The maximum Gasteiger partial charge on any atom is 0.261 e. The molecule has 1 atom stereocenters. The van der Waals surface area contributed by atoms with E-state index in [1.54, 1.807) is 16.9 Å². The molecule has 138 valence electrons. The van der Waals surface area contributed by atoms with Gasteiger partial charge in [0.1, 0.15) is 5.56 Å². The highest BCUT2D eigenvalue weighted by Crippen LogP contribution is 2.19. The van der Waals surface area contributed by atoms with Crippen LogP contribution in [0, 0.1) is 0 Å². The summed E-state index contributed by atoms with van der Waals surface area (Å²) in [6.07, 6.45) is 7.51. The fraction of sp³-hybridized carbons (Fsp3) is 0.286. The fourth-order valence-electron chi connectivity index (χ4n) is 3.59. The van der Waals surface area contributed by atoms with E-state index in [-0.39, 0.29) is 23.1 Å². The molecular formula is C21H22N4O2. The van der Waals surface area contributed by atoms with Crippen LogP contribution in [0.4, 0.5) is 0 Å². The number of benzene rings is 1. The van der Waals surface area contributed by atoms with Crippen LogP contribution in [-0.2, 0) is 19.4 Å². The summed E-state index contributed by atoms with van der Waals surface area (Å²) < 4.78 is 1.77. The second kappa shape index (κ2) is 7.61. The van der Waals surface area contributed by atoms with Gasteiger partial charge in [0.2, 0.25) is 0 Å². The molecule has 6 nitrogen and oxygen atoms in total. The minimum atomic E-state index is -0.356. The van der Waals surface area contributed by atoms with Crippen molar-refractivity contribution < 1.29 is 4.79 Å². The molecule has 1 aliphatic carbocycles. The summed E-state index contributed by atoms with van der Waals surface area (Å²) in [7, 11) is 0. The topological polar surface area (TPSA) is 79.8 Å². The standard InChI is InChI=1S/C21H22N4O2/c26-20-17(13-16-9-4-5-10-18(16)23-20)21(27)24-19(14-25-12-6-11-22-25)15-7-2-1-3-8-15/h1-3,6-8,11-13,19H,4-5,9-10,14H2,(H,23,26)(H,24,27). The van der Waals surface area contributed by atoms with Gasteiger partial charge >= 0.3 is 0 Å². The maximum absolute atomic E-state index is 12.9. The first kappa shape index (κ1) is 17.3.